The summed E-state index contributed by atoms with van der Waals surface area (Å²) in [6, 6.07) is 9.73. The van der Waals surface area contributed by atoms with Gasteiger partial charge in [-0.1, -0.05) is 15.9 Å². The molecule has 0 radical (unpaired) electrons. The molecule has 19 heavy (non-hydrogen) atoms. The molecular weight excluding hydrogens is 306 g/mol. The van der Waals surface area contributed by atoms with Crippen LogP contribution in [0.4, 0.5) is 17.3 Å². The standard InChI is InChI=1S/C13H14BrN5/c14-9-3-5-10(6-4-9)16-11-7-12(19-15)18-13(17-11)8-1-2-8/h3-8H,1-2,15H2,(H2,16,17,18,19). The summed E-state index contributed by atoms with van der Waals surface area (Å²) in [5, 5.41) is 3.26. The fourth-order valence-electron chi connectivity index (χ4n) is 1.81. The number of nitrogens with two attached hydrogens (primary N) is 1. The zero-order chi connectivity index (χ0) is 13.2. The smallest absolute Gasteiger partial charge is 0.145 e. The molecule has 98 valence electrons. The van der Waals surface area contributed by atoms with E-state index in [0.717, 1.165) is 34.6 Å². The number of nitrogen functional groups attached to an aromatic ring is 1. The summed E-state index contributed by atoms with van der Waals surface area (Å²) in [7, 11) is 0. The van der Waals surface area contributed by atoms with E-state index in [1.54, 1.807) is 6.07 Å². The van der Waals surface area contributed by atoms with Gasteiger partial charge in [0.05, 0.1) is 0 Å². The Morgan fingerprint density at radius 3 is 2.42 bits per heavy atom. The van der Waals surface area contributed by atoms with E-state index in [4.69, 9.17) is 5.84 Å². The first-order chi connectivity index (χ1) is 9.24. The Labute approximate surface area is 119 Å². The molecule has 6 heteroatoms. The highest BCUT2D eigenvalue weighted by atomic mass is 79.9. The molecular formula is C13H14BrN5. The summed E-state index contributed by atoms with van der Waals surface area (Å²) in [4.78, 5) is 8.91. The van der Waals surface area contributed by atoms with Crippen LogP contribution in [-0.4, -0.2) is 9.97 Å². The van der Waals surface area contributed by atoms with Crippen LogP contribution < -0.4 is 16.6 Å². The van der Waals surface area contributed by atoms with E-state index < -0.39 is 0 Å². The summed E-state index contributed by atoms with van der Waals surface area (Å²) >= 11 is 3.41. The monoisotopic (exact) mass is 319 g/mol. The van der Waals surface area contributed by atoms with Gasteiger partial charge in [-0.15, -0.1) is 0 Å². The van der Waals surface area contributed by atoms with Gasteiger partial charge in [-0.2, -0.15) is 0 Å². The minimum Gasteiger partial charge on any atom is -0.340 e. The van der Waals surface area contributed by atoms with Gasteiger partial charge < -0.3 is 10.7 Å². The highest BCUT2D eigenvalue weighted by Gasteiger charge is 2.27. The topological polar surface area (TPSA) is 75.9 Å². The van der Waals surface area contributed by atoms with Gasteiger partial charge >= 0.3 is 0 Å². The van der Waals surface area contributed by atoms with Crippen LogP contribution in [0.2, 0.25) is 0 Å². The lowest BCUT2D eigenvalue weighted by molar-refractivity contribution is 0.929. The predicted octanol–water partition coefficient (Wildman–Crippen LogP) is 3.15. The van der Waals surface area contributed by atoms with Crippen LogP contribution in [0.3, 0.4) is 0 Å². The molecule has 0 atom stereocenters. The minimum absolute atomic E-state index is 0.485. The number of nitrogens with zero attached hydrogens (tertiary/aromatic N) is 2. The van der Waals surface area contributed by atoms with Crippen molar-refractivity contribution < 1.29 is 0 Å². The molecule has 2 aromatic rings. The number of hydrogen-bond acceptors (Lipinski definition) is 5. The van der Waals surface area contributed by atoms with Crippen molar-refractivity contribution in [2.75, 3.05) is 10.7 Å². The zero-order valence-electron chi connectivity index (χ0n) is 10.2. The summed E-state index contributed by atoms with van der Waals surface area (Å²) in [5.74, 6) is 8.18. The molecule has 4 N–H and O–H groups in total. The SMILES string of the molecule is NNc1cc(Nc2ccc(Br)cc2)nc(C2CC2)n1. The van der Waals surface area contributed by atoms with E-state index in [0.29, 0.717) is 11.7 Å². The largest absolute Gasteiger partial charge is 0.340 e. The van der Waals surface area contributed by atoms with Crippen LogP contribution in [0.25, 0.3) is 0 Å². The first kappa shape index (κ1) is 12.4. The molecule has 3 rings (SSSR count). The van der Waals surface area contributed by atoms with Crippen LogP contribution in [0.5, 0.6) is 0 Å². The second-order valence-corrected chi connectivity index (χ2v) is 5.46. The lowest BCUT2D eigenvalue weighted by Crippen LogP contribution is -2.11. The summed E-state index contributed by atoms with van der Waals surface area (Å²) in [5.41, 5.74) is 3.57. The molecule has 1 aromatic carbocycles. The molecule has 0 saturated heterocycles. The number of aromatic nitrogens is 2. The Balaban J connectivity index is 1.86. The van der Waals surface area contributed by atoms with Crippen molar-refractivity contribution in [3.05, 3.63) is 40.6 Å². The molecule has 0 aliphatic heterocycles. The molecule has 5 nitrogen and oxygen atoms in total. The second-order valence-electron chi connectivity index (χ2n) is 4.55. The molecule has 0 bridgehead atoms. The minimum atomic E-state index is 0.485. The van der Waals surface area contributed by atoms with Gasteiger partial charge in [0.15, 0.2) is 0 Å². The number of hydrogen-bond donors (Lipinski definition) is 3. The lowest BCUT2D eigenvalue weighted by atomic mass is 10.3. The second kappa shape index (κ2) is 5.14. The van der Waals surface area contributed by atoms with Crippen molar-refractivity contribution in [3.63, 3.8) is 0 Å². The van der Waals surface area contributed by atoms with Gasteiger partial charge in [-0.3, -0.25) is 0 Å². The maximum Gasteiger partial charge on any atom is 0.145 e. The highest BCUT2D eigenvalue weighted by molar-refractivity contribution is 9.10. The summed E-state index contributed by atoms with van der Waals surface area (Å²) in [6.45, 7) is 0. The Morgan fingerprint density at radius 2 is 1.79 bits per heavy atom. The van der Waals surface area contributed by atoms with Crippen molar-refractivity contribution in [1.29, 1.82) is 0 Å². The van der Waals surface area contributed by atoms with Crippen LogP contribution >= 0.6 is 15.9 Å². The number of anilines is 3. The van der Waals surface area contributed by atoms with E-state index in [2.05, 4.69) is 36.6 Å². The van der Waals surface area contributed by atoms with E-state index >= 15 is 0 Å². The maximum atomic E-state index is 5.45. The fourth-order valence-corrected chi connectivity index (χ4v) is 2.07. The third kappa shape index (κ3) is 3.02. The molecule has 0 spiro atoms. The molecule has 0 amide bonds. The Hall–Kier alpha value is -1.66. The normalized spacial score (nSPS) is 14.2. The fraction of sp³-hybridized carbons (Fsp3) is 0.231. The number of halogens is 1. The number of rotatable bonds is 4. The van der Waals surface area contributed by atoms with Crippen LogP contribution in [-0.2, 0) is 0 Å². The van der Waals surface area contributed by atoms with Crippen LogP contribution in [0.1, 0.15) is 24.6 Å². The van der Waals surface area contributed by atoms with Gasteiger partial charge in [0.1, 0.15) is 17.5 Å². The van der Waals surface area contributed by atoms with Gasteiger partial charge in [0.2, 0.25) is 0 Å². The first-order valence-electron chi connectivity index (χ1n) is 6.13. The summed E-state index contributed by atoms with van der Waals surface area (Å²) in [6.07, 6.45) is 2.32. The van der Waals surface area contributed by atoms with Gasteiger partial charge in [-0.05, 0) is 37.1 Å². The van der Waals surface area contributed by atoms with Gasteiger partial charge in [-0.25, -0.2) is 15.8 Å². The number of benzene rings is 1. The molecule has 0 unspecified atom stereocenters. The van der Waals surface area contributed by atoms with Crippen molar-refractivity contribution in [1.82, 2.24) is 9.97 Å². The van der Waals surface area contributed by atoms with Gasteiger partial charge in [0.25, 0.3) is 0 Å². The first-order valence-corrected chi connectivity index (χ1v) is 6.92. The quantitative estimate of drug-likeness (QED) is 0.596. The van der Waals surface area contributed by atoms with Crippen molar-refractivity contribution in [2.24, 2.45) is 5.84 Å². The molecule has 1 heterocycles. The Morgan fingerprint density at radius 1 is 1.11 bits per heavy atom. The molecule has 1 aliphatic carbocycles. The molecule has 1 aliphatic rings. The van der Waals surface area contributed by atoms with E-state index in [9.17, 15) is 0 Å². The molecule has 1 saturated carbocycles. The van der Waals surface area contributed by atoms with Crippen molar-refractivity contribution in [2.45, 2.75) is 18.8 Å². The average molecular weight is 320 g/mol. The number of nitrogens with one attached hydrogen (secondary N) is 2. The lowest BCUT2D eigenvalue weighted by Gasteiger charge is -2.09. The van der Waals surface area contributed by atoms with Crippen molar-refractivity contribution in [3.8, 4) is 0 Å². The van der Waals surface area contributed by atoms with Crippen LogP contribution in [0, 0.1) is 0 Å². The predicted molar refractivity (Wildman–Crippen MR) is 79.2 cm³/mol. The third-order valence-electron chi connectivity index (χ3n) is 2.95. The van der Waals surface area contributed by atoms with E-state index in [1.165, 1.54) is 0 Å². The third-order valence-corrected chi connectivity index (χ3v) is 3.48. The average Bonchev–Trinajstić information content (AvgIpc) is 3.25. The van der Waals surface area contributed by atoms with E-state index in [1.807, 2.05) is 24.3 Å². The molecule has 1 fully saturated rings. The Bertz CT molecular complexity index is 580. The summed E-state index contributed by atoms with van der Waals surface area (Å²) < 4.78 is 1.05. The Kier molecular flexibility index (Phi) is 3.35. The van der Waals surface area contributed by atoms with Crippen molar-refractivity contribution >= 4 is 33.3 Å². The molecule has 1 aromatic heterocycles. The maximum absolute atomic E-state index is 5.45. The highest BCUT2D eigenvalue weighted by Crippen LogP contribution is 2.39. The zero-order valence-corrected chi connectivity index (χ0v) is 11.8. The van der Waals surface area contributed by atoms with E-state index in [-0.39, 0.29) is 0 Å². The van der Waals surface area contributed by atoms with Gasteiger partial charge in [0, 0.05) is 22.1 Å². The van der Waals surface area contributed by atoms with Crippen LogP contribution in [0.15, 0.2) is 34.8 Å². The number of hydrazine groups is 1.